The maximum Gasteiger partial charge on any atom is 0.490 e. The van der Waals surface area contributed by atoms with Crippen LogP contribution >= 0.6 is 23.5 Å². The molecule has 1 saturated heterocycles. The molecule has 12 N–H and O–H groups in total. The molecule has 19 nitrogen and oxygen atoms in total. The number of allylic oxidation sites excluding steroid dienone is 1. The summed E-state index contributed by atoms with van der Waals surface area (Å²) in [4.78, 5) is 61.5. The Hall–Kier alpha value is -1.53. The largest absolute Gasteiger partial charge is 0.490 e. The number of aliphatic hydroxyl groups excluding tert-OH is 1. The maximum atomic E-state index is 12.1. The van der Waals surface area contributed by atoms with E-state index in [0.717, 1.165) is 4.57 Å². The van der Waals surface area contributed by atoms with Crippen LogP contribution in [0.3, 0.4) is 0 Å². The number of ether oxygens (including phenoxy) is 1. The van der Waals surface area contributed by atoms with Crippen molar-refractivity contribution in [1.29, 1.82) is 0 Å². The Bertz CT molecular complexity index is 1110. The van der Waals surface area contributed by atoms with Gasteiger partial charge < -0.3 is 46.1 Å². The summed E-state index contributed by atoms with van der Waals surface area (Å²) in [6.45, 7) is -0.901. The molecule has 1 aliphatic rings. The highest BCUT2D eigenvalue weighted by Crippen LogP contribution is 2.66. The summed E-state index contributed by atoms with van der Waals surface area (Å²) < 4.78 is 51.6. The Morgan fingerprint density at radius 2 is 1.76 bits per heavy atom. The van der Waals surface area contributed by atoms with Gasteiger partial charge in [0.25, 0.3) is 5.56 Å². The molecule has 22 heteroatoms. The molecule has 1 aromatic rings. The quantitative estimate of drug-likeness (QED) is 0.140. The van der Waals surface area contributed by atoms with E-state index >= 15 is 0 Å². The maximum absolute atomic E-state index is 12.1. The van der Waals surface area contributed by atoms with Gasteiger partial charge in [-0.2, -0.15) is 8.62 Å². The second-order valence-corrected chi connectivity index (χ2v) is 10.7. The molecule has 0 saturated carbocycles. The van der Waals surface area contributed by atoms with Crippen molar-refractivity contribution in [3.63, 3.8) is 0 Å². The number of aromatic amines is 1. The van der Waals surface area contributed by atoms with Gasteiger partial charge in [0.1, 0.15) is 12.3 Å². The lowest BCUT2D eigenvalue weighted by molar-refractivity contribution is -0.0450. The van der Waals surface area contributed by atoms with Crippen LogP contribution in [-0.4, -0.2) is 64.0 Å². The molecule has 0 aromatic carbocycles. The number of aromatic nitrogens is 2. The van der Waals surface area contributed by atoms with E-state index in [9.17, 15) is 33.3 Å². The third-order valence-corrected chi connectivity index (χ3v) is 7.65. The van der Waals surface area contributed by atoms with E-state index in [1.165, 1.54) is 18.5 Å². The molecular weight excluding hydrogens is 535 g/mol. The minimum Gasteiger partial charge on any atom is -0.412 e. The third-order valence-electron chi connectivity index (χ3n) is 3.85. The average molecular weight is 559 g/mol. The van der Waals surface area contributed by atoms with Crippen LogP contribution < -0.4 is 17.0 Å². The second-order valence-electron chi connectivity index (χ2n) is 6.27. The number of nitrogens with zero attached hydrogens (tertiary/aromatic N) is 1. The summed E-state index contributed by atoms with van der Waals surface area (Å²) in [7, 11) is -16.7. The Balaban J connectivity index is 0.00000544. The van der Waals surface area contributed by atoms with Gasteiger partial charge in [-0.1, -0.05) is 6.08 Å². The summed E-state index contributed by atoms with van der Waals surface area (Å²) in [5, 5.41) is 10.1. The van der Waals surface area contributed by atoms with Crippen molar-refractivity contribution in [2.75, 3.05) is 6.61 Å². The predicted molar refractivity (Wildman–Crippen MR) is 110 cm³/mol. The number of phosphoric ester groups is 1. The SMILES string of the molecule is NC=CCc1cn([C@@H]2CC(O)[C@H](COP(=O)(O)OP(=O)(O)OP(=O)(O)O)O2)c(=O)[nH]c1=O.O.O. The fourth-order valence-electron chi connectivity index (χ4n) is 2.59. The van der Waals surface area contributed by atoms with Crippen molar-refractivity contribution in [3.05, 3.63) is 44.9 Å². The van der Waals surface area contributed by atoms with Crippen molar-refractivity contribution in [1.82, 2.24) is 9.55 Å². The molecule has 0 spiro atoms. The molecule has 2 heterocycles. The first-order chi connectivity index (χ1) is 14.6. The third kappa shape index (κ3) is 9.61. The van der Waals surface area contributed by atoms with Crippen LogP contribution in [-0.2, 0) is 38.0 Å². The Morgan fingerprint density at radius 3 is 2.32 bits per heavy atom. The van der Waals surface area contributed by atoms with Crippen LogP contribution in [0.2, 0.25) is 0 Å². The molecule has 0 bridgehead atoms. The molecule has 2 rings (SSSR count). The van der Waals surface area contributed by atoms with Gasteiger partial charge in [-0.25, -0.2) is 18.5 Å². The Labute approximate surface area is 189 Å². The van der Waals surface area contributed by atoms with E-state index in [1.54, 1.807) is 0 Å². The molecule has 198 valence electrons. The number of aliphatic hydroxyl groups is 1. The molecule has 0 amide bonds. The van der Waals surface area contributed by atoms with E-state index in [2.05, 4.69) is 18.1 Å². The number of rotatable bonds is 10. The zero-order chi connectivity index (χ0) is 24.3. The Kier molecular flexibility index (Phi) is 11.9. The average Bonchev–Trinajstić information content (AvgIpc) is 2.97. The number of H-pyrrole nitrogens is 1. The van der Waals surface area contributed by atoms with Crippen molar-refractivity contribution in [2.45, 2.75) is 31.3 Å². The van der Waals surface area contributed by atoms with Crippen LogP contribution in [0.25, 0.3) is 0 Å². The number of nitrogens with one attached hydrogen (secondary N) is 1. The van der Waals surface area contributed by atoms with Crippen molar-refractivity contribution >= 4 is 23.5 Å². The minimum absolute atomic E-state index is 0. The van der Waals surface area contributed by atoms with Crippen LogP contribution in [0.4, 0.5) is 0 Å². The molecule has 5 atom stereocenters. The summed E-state index contributed by atoms with van der Waals surface area (Å²) in [6, 6.07) is 0. The lowest BCUT2D eigenvalue weighted by Crippen LogP contribution is -2.34. The number of hydrogen-bond acceptors (Lipinski definition) is 11. The summed E-state index contributed by atoms with van der Waals surface area (Å²) >= 11 is 0. The predicted octanol–water partition coefficient (Wildman–Crippen LogP) is -3.11. The highest BCUT2D eigenvalue weighted by molar-refractivity contribution is 7.66. The van der Waals surface area contributed by atoms with Gasteiger partial charge in [-0.05, 0) is 12.6 Å². The molecule has 0 radical (unpaired) electrons. The van der Waals surface area contributed by atoms with Crippen LogP contribution in [0, 0.1) is 0 Å². The van der Waals surface area contributed by atoms with E-state index in [1.807, 2.05) is 0 Å². The highest BCUT2D eigenvalue weighted by Gasteiger charge is 2.43. The minimum atomic E-state index is -5.70. The van der Waals surface area contributed by atoms with E-state index in [0.29, 0.717) is 0 Å². The molecule has 1 aliphatic heterocycles. The first-order valence-corrected chi connectivity index (χ1v) is 13.0. The summed E-state index contributed by atoms with van der Waals surface area (Å²) in [6.07, 6.45) is -0.0828. The first kappa shape index (κ1) is 32.5. The monoisotopic (exact) mass is 559 g/mol. The van der Waals surface area contributed by atoms with Gasteiger partial charge in [-0.15, -0.1) is 0 Å². The highest BCUT2D eigenvalue weighted by atomic mass is 31.3. The number of phosphoric acid groups is 3. The standard InChI is InChI=1S/C12H20N3O14P3.2H2O/c13-3-1-2-7-5-15(12(18)14-11(7)17)10-4-8(16)9(27-10)6-26-31(22,23)29-32(24,25)28-30(19,20)21;;/h1,3,5,8-10,16H,2,4,6,13H2,(H,22,23)(H,24,25)(H,14,17,18)(H2,19,20,21);2*1H2/t8?,9-,10-;;/m0../s1. The smallest absolute Gasteiger partial charge is 0.412 e. The molecule has 3 unspecified atom stereocenters. The van der Waals surface area contributed by atoms with Crippen molar-refractivity contribution < 1.29 is 67.2 Å². The molecule has 1 aromatic heterocycles. The summed E-state index contributed by atoms with van der Waals surface area (Å²) in [5.41, 5.74) is 3.86. The zero-order valence-electron chi connectivity index (χ0n) is 16.9. The Morgan fingerprint density at radius 1 is 1.15 bits per heavy atom. The fourth-order valence-corrected chi connectivity index (χ4v) is 5.62. The lowest BCUT2D eigenvalue weighted by Gasteiger charge is -2.19. The van der Waals surface area contributed by atoms with Crippen LogP contribution in [0.15, 0.2) is 28.1 Å². The van der Waals surface area contributed by atoms with E-state index < -0.39 is 59.8 Å². The van der Waals surface area contributed by atoms with Gasteiger partial charge in [0.15, 0.2) is 0 Å². The lowest BCUT2D eigenvalue weighted by atomic mass is 10.2. The normalized spacial score (nSPS) is 24.1. The zero-order valence-corrected chi connectivity index (χ0v) is 19.5. The van der Waals surface area contributed by atoms with Gasteiger partial charge >= 0.3 is 29.2 Å². The van der Waals surface area contributed by atoms with E-state index in [-0.39, 0.29) is 29.4 Å². The summed E-state index contributed by atoms with van der Waals surface area (Å²) in [5.74, 6) is 0. The first-order valence-electron chi connectivity index (χ1n) is 8.45. The molecular formula is C12H24N3O16P3. The topological polar surface area (TPSA) is 333 Å². The number of hydrogen-bond donors (Lipinski definition) is 7. The molecule has 34 heavy (non-hydrogen) atoms. The van der Waals surface area contributed by atoms with Gasteiger partial charge in [-0.3, -0.25) is 18.9 Å². The van der Waals surface area contributed by atoms with E-state index in [4.69, 9.17) is 25.2 Å². The fraction of sp³-hybridized carbons (Fsp3) is 0.500. The van der Waals surface area contributed by atoms with Crippen molar-refractivity contribution in [2.24, 2.45) is 5.73 Å². The van der Waals surface area contributed by atoms with Gasteiger partial charge in [0.05, 0.1) is 12.7 Å². The van der Waals surface area contributed by atoms with Crippen LogP contribution in [0.1, 0.15) is 18.2 Å². The molecule has 1 fully saturated rings. The number of nitrogens with two attached hydrogens (primary N) is 1. The van der Waals surface area contributed by atoms with Crippen molar-refractivity contribution in [3.8, 4) is 0 Å². The van der Waals surface area contributed by atoms with Gasteiger partial charge in [0.2, 0.25) is 0 Å². The van der Waals surface area contributed by atoms with Crippen LogP contribution in [0.5, 0.6) is 0 Å². The second kappa shape index (κ2) is 12.4. The van der Waals surface area contributed by atoms with Gasteiger partial charge in [0, 0.05) is 18.2 Å². The molecule has 0 aliphatic carbocycles.